The molecule has 0 aliphatic carbocycles. The molecule has 0 amide bonds. The maximum Gasteiger partial charge on any atom is 1.00 e. The molecule has 6 rings (SSSR count). The second-order valence-electron chi connectivity index (χ2n) is 12.7. The van der Waals surface area contributed by atoms with Crippen molar-refractivity contribution in [2.24, 2.45) is 5.84 Å². The van der Waals surface area contributed by atoms with Gasteiger partial charge in [-0.25, -0.2) is 14.2 Å². The van der Waals surface area contributed by atoms with Crippen LogP contribution in [-0.2, 0) is 11.3 Å². The number of hydrogen-bond donors (Lipinski definition) is 4. The first-order chi connectivity index (χ1) is 27.2. The number of nitrogens with two attached hydrogens (primary N) is 2. The molecular formula is C40H45AlCl8LiN7O3. The minimum atomic E-state index is -0.464. The van der Waals surface area contributed by atoms with Gasteiger partial charge in [0.25, 0.3) is 0 Å². The Labute approximate surface area is 414 Å². The Balaban J connectivity index is 0.000000802. The molecule has 318 valence electrons. The van der Waals surface area contributed by atoms with E-state index in [0.717, 1.165) is 33.6 Å². The number of anilines is 2. The van der Waals surface area contributed by atoms with E-state index in [0.29, 0.717) is 75.2 Å². The fourth-order valence-electron chi connectivity index (χ4n) is 5.19. The molecule has 6 N–H and O–H groups in total. The minimum absolute atomic E-state index is 0. The average Bonchev–Trinajstić information content (AvgIpc) is 3.68. The monoisotopic (exact) mass is 985 g/mol. The Morgan fingerprint density at radius 3 is 1.35 bits per heavy atom. The third-order valence-electron chi connectivity index (χ3n) is 7.77. The summed E-state index contributed by atoms with van der Waals surface area (Å²) < 4.78 is 8.13. The number of carbonyl (C=O) groups excluding carboxylic acids is 1. The number of aryl methyl sites for hydroxylation is 6. The SMILES string of the molecule is CCOC(=O)c1cc(C)n(-c2c(Cl)cc(C)cc2Cl)n1.Cc1cc(Cl)c(-n2nc(CO)cc2C)c(Cl)c1.Cc1cc(Cl)c(N)c(Cl)c1.Cc1cc(Cl)c(NN)c(Cl)c1.[AlH3].[H-].[Li+]. The van der Waals surface area contributed by atoms with Crippen LogP contribution in [0, 0.1) is 41.5 Å². The van der Waals surface area contributed by atoms with E-state index in [9.17, 15) is 4.79 Å². The largest absolute Gasteiger partial charge is 1.00 e. The van der Waals surface area contributed by atoms with Crippen LogP contribution in [0.3, 0.4) is 0 Å². The predicted octanol–water partition coefficient (Wildman–Crippen LogP) is 8.66. The van der Waals surface area contributed by atoms with Gasteiger partial charge in [-0.2, -0.15) is 10.2 Å². The zero-order chi connectivity index (χ0) is 43.6. The molecule has 0 aliphatic rings. The molecule has 0 spiro atoms. The van der Waals surface area contributed by atoms with Crippen molar-refractivity contribution in [2.75, 3.05) is 17.8 Å². The van der Waals surface area contributed by atoms with Crippen molar-refractivity contribution in [3.05, 3.63) is 146 Å². The number of rotatable bonds is 6. The maximum absolute atomic E-state index is 11.7. The number of hydrogen-bond acceptors (Lipinski definition) is 8. The van der Waals surface area contributed by atoms with Gasteiger partial charge in [0.2, 0.25) is 0 Å². The van der Waals surface area contributed by atoms with Crippen LogP contribution in [0.4, 0.5) is 11.4 Å². The van der Waals surface area contributed by atoms with Gasteiger partial charge in [-0.15, -0.1) is 0 Å². The topological polar surface area (TPSA) is 146 Å². The number of esters is 1. The molecule has 60 heavy (non-hydrogen) atoms. The molecule has 0 saturated heterocycles. The Kier molecular flexibility index (Phi) is 23.9. The van der Waals surface area contributed by atoms with Crippen LogP contribution in [0.2, 0.25) is 40.2 Å². The molecule has 0 aliphatic heterocycles. The normalized spacial score (nSPS) is 10.1. The summed E-state index contributed by atoms with van der Waals surface area (Å²) in [6.07, 6.45) is 0. The third kappa shape index (κ3) is 15.2. The number of benzene rings is 4. The molecule has 0 atom stereocenters. The van der Waals surface area contributed by atoms with E-state index in [4.69, 9.17) is 114 Å². The van der Waals surface area contributed by atoms with Crippen LogP contribution >= 0.6 is 92.8 Å². The molecule has 2 aromatic heterocycles. The Morgan fingerprint density at radius 1 is 0.650 bits per heavy atom. The van der Waals surface area contributed by atoms with Crippen molar-refractivity contribution in [1.82, 2.24) is 19.6 Å². The summed E-state index contributed by atoms with van der Waals surface area (Å²) in [5.74, 6) is 4.72. The summed E-state index contributed by atoms with van der Waals surface area (Å²) in [6, 6.07) is 17.9. The van der Waals surface area contributed by atoms with Gasteiger partial charge in [-0.1, -0.05) is 92.8 Å². The molecule has 0 fully saturated rings. The standard InChI is InChI=1S/C14H14Cl2N2O2.C12H12Cl2N2O.C7H8Cl2N2.C7H7Cl2N.Al.Li.4H/c1-4-20-14(19)12-7-9(3)18(17-12)13-10(15)5-8(2)6-11(13)16;1-7-3-10(13)12(11(14)4-7)16-8(2)5-9(6-17)15-16;1-4-2-5(8)7(11-10)6(9)3-4;1-4-2-5(8)7(10)6(9)3-4;;;;;;/h5-7H,4H2,1-3H3;3-5,17H,6H2,1-2H3;2-3,11H,10H2,1H3;2-3H,10H2,1H3;;;;;;/q;;;;;+1;;;;-1. The zero-order valence-corrected chi connectivity index (χ0v) is 39.5. The van der Waals surface area contributed by atoms with Crippen LogP contribution in [0.15, 0.2) is 60.7 Å². The number of aliphatic hydroxyl groups excluding tert-OH is 1. The number of nitrogens with zero attached hydrogens (tertiary/aromatic N) is 4. The minimum Gasteiger partial charge on any atom is -1.00 e. The van der Waals surface area contributed by atoms with Crippen molar-refractivity contribution in [1.29, 1.82) is 0 Å². The van der Waals surface area contributed by atoms with E-state index in [1.807, 2.05) is 53.7 Å². The van der Waals surface area contributed by atoms with Crippen LogP contribution < -0.4 is 35.9 Å². The fourth-order valence-corrected chi connectivity index (χ4v) is 8.00. The van der Waals surface area contributed by atoms with E-state index in [2.05, 4.69) is 15.6 Å². The van der Waals surface area contributed by atoms with Crippen molar-refractivity contribution < 1.29 is 34.9 Å². The Bertz CT molecular complexity index is 2330. The Hall–Kier alpha value is -2.26. The fraction of sp³-hybridized carbons (Fsp3) is 0.225. The van der Waals surface area contributed by atoms with Crippen LogP contribution in [0.25, 0.3) is 11.4 Å². The maximum atomic E-state index is 11.7. The number of halogens is 8. The van der Waals surface area contributed by atoms with Gasteiger partial charge in [-0.3, -0.25) is 5.84 Å². The van der Waals surface area contributed by atoms with Crippen molar-refractivity contribution >= 4 is 128 Å². The number of hydrazine groups is 1. The van der Waals surface area contributed by atoms with E-state index >= 15 is 0 Å². The number of nitrogens with one attached hydrogen (secondary N) is 1. The summed E-state index contributed by atoms with van der Waals surface area (Å²) in [7, 11) is 0. The molecule has 20 heteroatoms. The first-order valence-electron chi connectivity index (χ1n) is 17.2. The molecule has 0 radical (unpaired) electrons. The van der Waals surface area contributed by atoms with Crippen molar-refractivity contribution in [3.8, 4) is 11.4 Å². The molecule has 0 unspecified atom stereocenters. The van der Waals surface area contributed by atoms with Gasteiger partial charge < -0.3 is 22.4 Å². The summed E-state index contributed by atoms with van der Waals surface area (Å²) >= 11 is 47.9. The van der Waals surface area contributed by atoms with Gasteiger partial charge >= 0.3 is 24.8 Å². The van der Waals surface area contributed by atoms with Crippen LogP contribution in [-0.4, -0.2) is 54.6 Å². The Morgan fingerprint density at radius 2 is 1.00 bits per heavy atom. The van der Waals surface area contributed by atoms with Gasteiger partial charge in [0, 0.05) is 11.4 Å². The zero-order valence-electron chi connectivity index (χ0n) is 34.4. The van der Waals surface area contributed by atoms with Crippen molar-refractivity contribution in [2.45, 2.75) is 55.1 Å². The first-order valence-corrected chi connectivity index (χ1v) is 20.2. The molecule has 2 heterocycles. The molecule has 0 bridgehead atoms. The quantitative estimate of drug-likeness (QED) is 0.0427. The number of aliphatic hydroxyl groups is 1. The van der Waals surface area contributed by atoms with Gasteiger partial charge in [-0.05, 0) is 131 Å². The van der Waals surface area contributed by atoms with Crippen LogP contribution in [0.5, 0.6) is 0 Å². The average molecular weight is 989 g/mol. The molecule has 10 nitrogen and oxygen atoms in total. The number of carbonyl (C=O) groups is 1. The summed E-state index contributed by atoms with van der Waals surface area (Å²) in [5, 5.41) is 21.7. The molecule has 6 aromatic rings. The van der Waals surface area contributed by atoms with E-state index < -0.39 is 5.97 Å². The second kappa shape index (κ2) is 25.8. The molecular weight excluding hydrogens is 944 g/mol. The summed E-state index contributed by atoms with van der Waals surface area (Å²) in [5.41, 5.74) is 16.6. The predicted molar refractivity (Wildman–Crippen MR) is 254 cm³/mol. The third-order valence-corrected chi connectivity index (χ3v) is 10.1. The first kappa shape index (κ1) is 55.8. The molecule has 4 aromatic carbocycles. The van der Waals surface area contributed by atoms with E-state index in [1.54, 1.807) is 64.8 Å². The summed E-state index contributed by atoms with van der Waals surface area (Å²) in [6.45, 7) is 13.3. The summed E-state index contributed by atoms with van der Waals surface area (Å²) in [4.78, 5) is 11.7. The van der Waals surface area contributed by atoms with Gasteiger partial charge in [0.15, 0.2) is 23.1 Å². The molecule has 0 saturated carbocycles. The van der Waals surface area contributed by atoms with Gasteiger partial charge in [0.05, 0.1) is 70.5 Å². The number of aromatic nitrogens is 4. The smallest absolute Gasteiger partial charge is 1.00 e. The van der Waals surface area contributed by atoms with E-state index in [-0.39, 0.29) is 49.9 Å². The van der Waals surface area contributed by atoms with E-state index in [1.165, 1.54) is 0 Å². The number of nitrogen functional groups attached to an aromatic ring is 2. The second-order valence-corrected chi connectivity index (χ2v) is 16.0. The van der Waals surface area contributed by atoms with Gasteiger partial charge in [0.1, 0.15) is 11.4 Å². The van der Waals surface area contributed by atoms with Crippen LogP contribution in [0.1, 0.15) is 58.2 Å². The number of ether oxygens (including phenoxy) is 1. The van der Waals surface area contributed by atoms with Crippen molar-refractivity contribution in [3.63, 3.8) is 0 Å².